The van der Waals surface area contributed by atoms with Gasteiger partial charge in [0.25, 0.3) is 11.2 Å². The van der Waals surface area contributed by atoms with Gasteiger partial charge in [-0.3, -0.25) is 29.6 Å². The lowest BCUT2D eigenvalue weighted by Crippen LogP contribution is -2.38. The van der Waals surface area contributed by atoms with Crippen LogP contribution < -0.4 is 19.6 Å². The molecule has 11 heteroatoms. The van der Waals surface area contributed by atoms with Gasteiger partial charge < -0.3 is 4.74 Å². The number of hydrogen-bond acceptors (Lipinski definition) is 8. The maximum absolute atomic E-state index is 14.1. The fourth-order valence-electron chi connectivity index (χ4n) is 5.76. The third-order valence-corrected chi connectivity index (χ3v) is 8.75. The van der Waals surface area contributed by atoms with Gasteiger partial charge in [0.05, 0.1) is 32.2 Å². The molecule has 7 rings (SSSR count). The molecule has 5 aromatic rings. The Morgan fingerprint density at radius 3 is 2.41 bits per heavy atom. The Labute approximate surface area is 253 Å². The number of aryl methyl sites for hydroxylation is 1. The molecule has 0 bridgehead atoms. The first-order valence-corrected chi connectivity index (χ1v) is 14.6. The lowest BCUT2D eigenvalue weighted by molar-refractivity contribution is -0.394. The number of fused-ring (bicyclic) bond motifs is 3. The number of hydrogen-bond donors (Lipinski definition) is 0. The smallest absolute Gasteiger partial charge is 0.318 e. The van der Waals surface area contributed by atoms with Crippen molar-refractivity contribution in [3.63, 3.8) is 0 Å². The van der Waals surface area contributed by atoms with Crippen LogP contribution in [0.1, 0.15) is 34.7 Å². The zero-order valence-electron chi connectivity index (χ0n) is 23.0. The van der Waals surface area contributed by atoms with Gasteiger partial charge in [-0.25, -0.2) is 4.99 Å². The van der Waals surface area contributed by atoms with E-state index in [-0.39, 0.29) is 23.1 Å². The number of aromatic nitrogens is 1. The van der Waals surface area contributed by atoms with Crippen LogP contribution in [0.4, 0.5) is 11.4 Å². The number of benzene rings is 4. The summed E-state index contributed by atoms with van der Waals surface area (Å²) in [7, 11) is 0. The Balaban J connectivity index is 1.37. The van der Waals surface area contributed by atoms with Gasteiger partial charge in [-0.15, -0.1) is 0 Å². The number of nitro groups is 2. The molecule has 0 saturated carbocycles. The van der Waals surface area contributed by atoms with Gasteiger partial charge in [0.2, 0.25) is 5.75 Å². The van der Waals surface area contributed by atoms with Gasteiger partial charge in [-0.1, -0.05) is 84.1 Å². The molecule has 0 spiro atoms. The number of non-ortho nitro benzene ring substituents is 1. The molecule has 2 aliphatic rings. The Hall–Kier alpha value is -5.68. The number of nitrogens with zero attached hydrogens (tertiary/aromatic N) is 4. The van der Waals surface area contributed by atoms with Crippen molar-refractivity contribution in [3.8, 4) is 11.5 Å². The van der Waals surface area contributed by atoms with Gasteiger partial charge in [0.1, 0.15) is 5.75 Å². The molecule has 44 heavy (non-hydrogen) atoms. The first-order chi connectivity index (χ1) is 21.4. The van der Waals surface area contributed by atoms with Gasteiger partial charge in [0, 0.05) is 17.2 Å². The first-order valence-electron chi connectivity index (χ1n) is 13.8. The maximum atomic E-state index is 14.1. The third-order valence-electron chi connectivity index (χ3n) is 7.76. The molecule has 1 atom stereocenters. The number of para-hydroxylation sites is 1. The van der Waals surface area contributed by atoms with Gasteiger partial charge in [-0.05, 0) is 47.8 Å². The van der Waals surface area contributed by atoms with Crippen molar-refractivity contribution in [3.05, 3.63) is 165 Å². The quantitative estimate of drug-likeness (QED) is 0.175. The molecule has 1 aliphatic carbocycles. The highest BCUT2D eigenvalue weighted by atomic mass is 32.1. The second-order valence-corrected chi connectivity index (χ2v) is 11.3. The molecule has 4 aromatic carbocycles. The lowest BCUT2D eigenvalue weighted by atomic mass is 9.83. The van der Waals surface area contributed by atoms with E-state index in [1.54, 1.807) is 34.9 Å². The third kappa shape index (κ3) is 4.69. The fraction of sp³-hybridized carbons (Fsp3) is 0.0909. The highest BCUT2D eigenvalue weighted by Gasteiger charge is 2.32. The molecule has 216 valence electrons. The summed E-state index contributed by atoms with van der Waals surface area (Å²) in [5.41, 5.74) is 4.66. The molecule has 0 unspecified atom stereocenters. The van der Waals surface area contributed by atoms with E-state index in [1.165, 1.54) is 23.0 Å². The molecule has 2 heterocycles. The van der Waals surface area contributed by atoms with Gasteiger partial charge >= 0.3 is 5.69 Å². The van der Waals surface area contributed by atoms with E-state index in [4.69, 9.17) is 9.73 Å². The minimum Gasteiger partial charge on any atom is -0.449 e. The SMILES string of the molecule is O=c1/c(=C/c2ccccc2Oc2ccc([N+](=O)[O-])cc2[N+](=O)[O-])sc2n1[C@H](c1ccccc1)C1=C(N=2)c2ccccc2CC1. The Morgan fingerprint density at radius 2 is 1.61 bits per heavy atom. The van der Waals surface area contributed by atoms with E-state index in [0.717, 1.165) is 47.4 Å². The predicted octanol–water partition coefficient (Wildman–Crippen LogP) is 5.93. The fourth-order valence-corrected chi connectivity index (χ4v) is 6.75. The van der Waals surface area contributed by atoms with Crippen LogP contribution >= 0.6 is 11.3 Å². The molecule has 0 N–H and O–H groups in total. The van der Waals surface area contributed by atoms with Crippen molar-refractivity contribution in [1.82, 2.24) is 4.57 Å². The number of rotatable bonds is 6. The standard InChI is InChI=1S/C33H22N4O6S/c38-32-29(18-22-11-5-7-13-27(22)43-28-17-15-23(36(39)40)19-26(28)37(41)42)44-33-34-30-24-12-6-4-8-20(24)14-16-25(30)31(35(32)33)21-9-2-1-3-10-21/h1-13,15,17-19,31H,14,16H2/b29-18-/t31-/m1/s1. The minimum absolute atomic E-state index is 0.154. The molecule has 0 amide bonds. The summed E-state index contributed by atoms with van der Waals surface area (Å²) >= 11 is 1.27. The van der Waals surface area contributed by atoms with E-state index in [2.05, 4.69) is 12.1 Å². The second-order valence-electron chi connectivity index (χ2n) is 10.3. The number of allylic oxidation sites excluding steroid dienone is 1. The van der Waals surface area contributed by atoms with E-state index in [0.29, 0.717) is 14.9 Å². The summed E-state index contributed by atoms with van der Waals surface area (Å²) in [6.45, 7) is 0. The number of nitro benzene ring substituents is 2. The summed E-state index contributed by atoms with van der Waals surface area (Å²) in [5.74, 6) is 0.0986. The Kier molecular flexibility index (Phi) is 6.71. The van der Waals surface area contributed by atoms with Crippen molar-refractivity contribution in [1.29, 1.82) is 0 Å². The van der Waals surface area contributed by atoms with Crippen LogP contribution in [-0.2, 0) is 6.42 Å². The lowest BCUT2D eigenvalue weighted by Gasteiger charge is -2.30. The van der Waals surface area contributed by atoms with Crippen LogP contribution in [0.25, 0.3) is 11.8 Å². The normalized spacial score (nSPS) is 15.5. The topological polar surface area (TPSA) is 130 Å². The van der Waals surface area contributed by atoms with Crippen LogP contribution in [-0.4, -0.2) is 14.4 Å². The summed E-state index contributed by atoms with van der Waals surface area (Å²) < 4.78 is 8.10. The van der Waals surface area contributed by atoms with Crippen LogP contribution in [0.5, 0.6) is 11.5 Å². The monoisotopic (exact) mass is 602 g/mol. The molecule has 10 nitrogen and oxygen atoms in total. The van der Waals surface area contributed by atoms with E-state index in [1.807, 2.05) is 42.5 Å². The van der Waals surface area contributed by atoms with Crippen molar-refractivity contribution in [2.45, 2.75) is 18.9 Å². The second kappa shape index (κ2) is 10.9. The highest BCUT2D eigenvalue weighted by molar-refractivity contribution is 7.07. The molecule has 0 fully saturated rings. The summed E-state index contributed by atoms with van der Waals surface area (Å²) in [6, 6.07) is 27.9. The Bertz CT molecular complexity index is 2200. The van der Waals surface area contributed by atoms with E-state index >= 15 is 0 Å². The molecular formula is C33H22N4O6S. The molecule has 0 saturated heterocycles. The van der Waals surface area contributed by atoms with Crippen LogP contribution in [0.15, 0.2) is 112 Å². The average molecular weight is 603 g/mol. The molecular weight excluding hydrogens is 580 g/mol. The van der Waals surface area contributed by atoms with Crippen LogP contribution in [0.2, 0.25) is 0 Å². The van der Waals surface area contributed by atoms with Crippen LogP contribution in [0, 0.1) is 20.2 Å². The van der Waals surface area contributed by atoms with Gasteiger partial charge in [-0.2, -0.15) is 0 Å². The van der Waals surface area contributed by atoms with Crippen molar-refractivity contribution in [2.75, 3.05) is 0 Å². The van der Waals surface area contributed by atoms with Crippen LogP contribution in [0.3, 0.4) is 0 Å². The highest BCUT2D eigenvalue weighted by Crippen LogP contribution is 2.41. The van der Waals surface area contributed by atoms with Crippen molar-refractivity contribution < 1.29 is 14.6 Å². The summed E-state index contributed by atoms with van der Waals surface area (Å²) in [5, 5.41) is 22.9. The summed E-state index contributed by atoms with van der Waals surface area (Å²) in [4.78, 5) is 41.1. The van der Waals surface area contributed by atoms with Crippen molar-refractivity contribution >= 4 is 34.5 Å². The van der Waals surface area contributed by atoms with E-state index < -0.39 is 21.2 Å². The molecule has 0 radical (unpaired) electrons. The predicted molar refractivity (Wildman–Crippen MR) is 165 cm³/mol. The van der Waals surface area contributed by atoms with Gasteiger partial charge in [0.15, 0.2) is 4.80 Å². The molecule has 1 aliphatic heterocycles. The number of ether oxygens (including phenoxy) is 1. The molecule has 1 aromatic heterocycles. The average Bonchev–Trinajstić information content (AvgIpc) is 3.35. The Morgan fingerprint density at radius 1 is 0.864 bits per heavy atom. The van der Waals surface area contributed by atoms with E-state index in [9.17, 15) is 25.0 Å². The zero-order valence-corrected chi connectivity index (χ0v) is 23.8. The zero-order chi connectivity index (χ0) is 30.4. The number of thiazole rings is 1. The summed E-state index contributed by atoms with van der Waals surface area (Å²) in [6.07, 6.45) is 3.33. The van der Waals surface area contributed by atoms with Crippen molar-refractivity contribution in [2.24, 2.45) is 4.99 Å². The minimum atomic E-state index is -0.730. The first kappa shape index (κ1) is 27.2. The maximum Gasteiger partial charge on any atom is 0.318 e. The largest absolute Gasteiger partial charge is 0.449 e.